The molecule has 144 valence electrons. The van der Waals surface area contributed by atoms with Crippen molar-refractivity contribution in [2.45, 2.75) is 52.5 Å². The van der Waals surface area contributed by atoms with Crippen molar-refractivity contribution >= 4 is 5.69 Å². The first-order valence-corrected chi connectivity index (χ1v) is 9.95. The Bertz CT molecular complexity index is 729. The van der Waals surface area contributed by atoms with Crippen LogP contribution < -0.4 is 10.1 Å². The molecule has 0 radical (unpaired) electrons. The highest BCUT2D eigenvalue weighted by Crippen LogP contribution is 2.25. The second-order valence-corrected chi connectivity index (χ2v) is 6.84. The standard InChI is InChI=1S/C25H33NO/c1-5-20(3)21(6-2)12-10-11-15-25(22-13-8-7-9-14-22)26-23-16-18-24(27-4)19-17-23/h7-11,13-14,16-19,25-26H,5-6,12,15H2,1-4H3/b11-10+,21-20+. The van der Waals surface area contributed by atoms with Crippen LogP contribution in [0.25, 0.3) is 0 Å². The number of hydrogen-bond donors (Lipinski definition) is 1. The van der Waals surface area contributed by atoms with Gasteiger partial charge in [0.25, 0.3) is 0 Å². The highest BCUT2D eigenvalue weighted by molar-refractivity contribution is 5.48. The van der Waals surface area contributed by atoms with Gasteiger partial charge in [0.2, 0.25) is 0 Å². The van der Waals surface area contributed by atoms with Crippen LogP contribution in [0.3, 0.4) is 0 Å². The van der Waals surface area contributed by atoms with E-state index in [0.717, 1.165) is 37.1 Å². The van der Waals surface area contributed by atoms with Crippen molar-refractivity contribution < 1.29 is 4.74 Å². The predicted octanol–water partition coefficient (Wildman–Crippen LogP) is 7.32. The van der Waals surface area contributed by atoms with Gasteiger partial charge in [-0.05, 0) is 62.4 Å². The van der Waals surface area contributed by atoms with Gasteiger partial charge < -0.3 is 10.1 Å². The summed E-state index contributed by atoms with van der Waals surface area (Å²) in [6.45, 7) is 6.74. The number of allylic oxidation sites excluding steroid dienone is 3. The summed E-state index contributed by atoms with van der Waals surface area (Å²) in [6, 6.07) is 19.0. The van der Waals surface area contributed by atoms with Crippen LogP contribution in [0.5, 0.6) is 5.75 Å². The van der Waals surface area contributed by atoms with E-state index in [1.807, 2.05) is 12.1 Å². The van der Waals surface area contributed by atoms with Crippen molar-refractivity contribution in [3.8, 4) is 5.75 Å². The third kappa shape index (κ3) is 6.63. The highest BCUT2D eigenvalue weighted by Gasteiger charge is 2.09. The summed E-state index contributed by atoms with van der Waals surface area (Å²) in [6.07, 6.45) is 8.92. The van der Waals surface area contributed by atoms with Gasteiger partial charge in [-0.2, -0.15) is 0 Å². The second kappa shape index (κ2) is 11.3. The molecule has 2 rings (SSSR count). The van der Waals surface area contributed by atoms with Gasteiger partial charge in [0.1, 0.15) is 5.75 Å². The summed E-state index contributed by atoms with van der Waals surface area (Å²) in [5.41, 5.74) is 5.49. The Labute approximate surface area is 165 Å². The first-order valence-electron chi connectivity index (χ1n) is 9.95. The molecule has 0 aliphatic rings. The van der Waals surface area contributed by atoms with Crippen LogP contribution in [-0.4, -0.2) is 7.11 Å². The fourth-order valence-electron chi connectivity index (χ4n) is 3.18. The molecule has 0 saturated heterocycles. The van der Waals surface area contributed by atoms with Crippen LogP contribution in [-0.2, 0) is 0 Å². The van der Waals surface area contributed by atoms with Crippen LogP contribution in [0.15, 0.2) is 77.9 Å². The molecule has 2 aromatic rings. The summed E-state index contributed by atoms with van der Waals surface area (Å²) < 4.78 is 5.26. The van der Waals surface area contributed by atoms with E-state index in [0.29, 0.717) is 0 Å². The van der Waals surface area contributed by atoms with Gasteiger partial charge in [-0.25, -0.2) is 0 Å². The Morgan fingerprint density at radius 2 is 1.67 bits per heavy atom. The van der Waals surface area contributed by atoms with Gasteiger partial charge in [-0.3, -0.25) is 0 Å². The van der Waals surface area contributed by atoms with E-state index < -0.39 is 0 Å². The lowest BCUT2D eigenvalue weighted by molar-refractivity contribution is 0.415. The molecule has 0 aliphatic carbocycles. The van der Waals surface area contributed by atoms with Gasteiger partial charge in [0, 0.05) is 5.69 Å². The Hall–Kier alpha value is -2.48. The largest absolute Gasteiger partial charge is 0.497 e. The number of ether oxygens (including phenoxy) is 1. The fraction of sp³-hybridized carbons (Fsp3) is 0.360. The molecule has 0 aliphatic heterocycles. The van der Waals surface area contributed by atoms with Crippen LogP contribution in [0.2, 0.25) is 0 Å². The number of nitrogens with one attached hydrogen (secondary N) is 1. The molecule has 2 nitrogen and oxygen atoms in total. The van der Waals surface area contributed by atoms with Crippen molar-refractivity contribution in [1.29, 1.82) is 0 Å². The van der Waals surface area contributed by atoms with E-state index in [1.54, 1.807) is 12.7 Å². The van der Waals surface area contributed by atoms with E-state index in [4.69, 9.17) is 4.74 Å². The summed E-state index contributed by atoms with van der Waals surface area (Å²) >= 11 is 0. The molecule has 0 fully saturated rings. The third-order valence-corrected chi connectivity index (χ3v) is 5.10. The Balaban J connectivity index is 2.08. The molecule has 0 aromatic heterocycles. The maximum atomic E-state index is 5.26. The number of rotatable bonds is 10. The highest BCUT2D eigenvalue weighted by atomic mass is 16.5. The van der Waals surface area contributed by atoms with E-state index in [2.05, 4.69) is 80.7 Å². The number of methoxy groups -OCH3 is 1. The van der Waals surface area contributed by atoms with Gasteiger partial charge in [0.05, 0.1) is 13.2 Å². The Morgan fingerprint density at radius 3 is 2.26 bits per heavy atom. The minimum absolute atomic E-state index is 0.247. The predicted molar refractivity (Wildman–Crippen MR) is 117 cm³/mol. The molecule has 0 spiro atoms. The maximum Gasteiger partial charge on any atom is 0.119 e. The fourth-order valence-corrected chi connectivity index (χ4v) is 3.18. The Kier molecular flexibility index (Phi) is 8.70. The maximum absolute atomic E-state index is 5.26. The molecule has 0 bridgehead atoms. The normalized spacial score (nSPS) is 13.3. The van der Waals surface area contributed by atoms with Crippen molar-refractivity contribution in [1.82, 2.24) is 0 Å². The van der Waals surface area contributed by atoms with Crippen molar-refractivity contribution in [2.75, 3.05) is 12.4 Å². The lowest BCUT2D eigenvalue weighted by Crippen LogP contribution is -2.09. The molecular weight excluding hydrogens is 330 g/mol. The molecule has 2 aromatic carbocycles. The lowest BCUT2D eigenvalue weighted by Gasteiger charge is -2.19. The van der Waals surface area contributed by atoms with Crippen LogP contribution in [0, 0.1) is 0 Å². The van der Waals surface area contributed by atoms with Crippen molar-refractivity contribution in [3.05, 3.63) is 83.5 Å². The first-order chi connectivity index (χ1) is 13.2. The third-order valence-electron chi connectivity index (χ3n) is 5.10. The van der Waals surface area contributed by atoms with E-state index in [1.165, 1.54) is 11.1 Å². The smallest absolute Gasteiger partial charge is 0.119 e. The van der Waals surface area contributed by atoms with E-state index in [-0.39, 0.29) is 6.04 Å². The van der Waals surface area contributed by atoms with Gasteiger partial charge in [0.15, 0.2) is 0 Å². The second-order valence-electron chi connectivity index (χ2n) is 6.84. The van der Waals surface area contributed by atoms with E-state index >= 15 is 0 Å². The summed E-state index contributed by atoms with van der Waals surface area (Å²) in [4.78, 5) is 0. The molecule has 0 saturated carbocycles. The molecule has 0 amide bonds. The summed E-state index contributed by atoms with van der Waals surface area (Å²) in [5.74, 6) is 0.877. The van der Waals surface area contributed by atoms with Crippen molar-refractivity contribution in [3.63, 3.8) is 0 Å². The molecule has 1 unspecified atom stereocenters. The van der Waals surface area contributed by atoms with Crippen molar-refractivity contribution in [2.24, 2.45) is 0 Å². The molecule has 1 N–H and O–H groups in total. The average molecular weight is 364 g/mol. The lowest BCUT2D eigenvalue weighted by atomic mass is 10.00. The molecular formula is C25H33NO. The zero-order chi connectivity index (χ0) is 19.5. The van der Waals surface area contributed by atoms with Gasteiger partial charge in [-0.1, -0.05) is 67.5 Å². The van der Waals surface area contributed by atoms with Gasteiger partial charge >= 0.3 is 0 Å². The first kappa shape index (κ1) is 20.8. The van der Waals surface area contributed by atoms with Crippen LogP contribution in [0.1, 0.15) is 58.1 Å². The quantitative estimate of drug-likeness (QED) is 0.446. The number of hydrogen-bond acceptors (Lipinski definition) is 2. The molecule has 27 heavy (non-hydrogen) atoms. The van der Waals surface area contributed by atoms with Gasteiger partial charge in [-0.15, -0.1) is 0 Å². The SMILES string of the molecule is CC/C(C)=C(\CC)C/C=C/CC(Nc1ccc(OC)cc1)c1ccccc1. The number of anilines is 1. The molecule has 1 atom stereocenters. The Morgan fingerprint density at radius 1 is 0.963 bits per heavy atom. The van der Waals surface area contributed by atoms with E-state index in [9.17, 15) is 0 Å². The molecule has 0 heterocycles. The summed E-state index contributed by atoms with van der Waals surface area (Å²) in [7, 11) is 1.69. The minimum atomic E-state index is 0.247. The topological polar surface area (TPSA) is 21.3 Å². The zero-order valence-corrected chi connectivity index (χ0v) is 17.2. The minimum Gasteiger partial charge on any atom is -0.497 e. The van der Waals surface area contributed by atoms with Crippen LogP contribution >= 0.6 is 0 Å². The zero-order valence-electron chi connectivity index (χ0n) is 17.2. The average Bonchev–Trinajstić information content (AvgIpc) is 2.73. The molecule has 2 heteroatoms. The summed E-state index contributed by atoms with van der Waals surface area (Å²) in [5, 5.41) is 3.66. The van der Waals surface area contributed by atoms with Crippen LogP contribution in [0.4, 0.5) is 5.69 Å². The number of benzene rings is 2. The monoisotopic (exact) mass is 363 g/mol.